The predicted molar refractivity (Wildman–Crippen MR) is 61.9 cm³/mol. The van der Waals surface area contributed by atoms with Crippen LogP contribution in [0.3, 0.4) is 0 Å². The molecule has 1 heterocycles. The van der Waals surface area contributed by atoms with E-state index in [0.717, 1.165) is 19.4 Å². The van der Waals surface area contributed by atoms with E-state index < -0.39 is 0 Å². The summed E-state index contributed by atoms with van der Waals surface area (Å²) < 4.78 is 0. The van der Waals surface area contributed by atoms with Crippen molar-refractivity contribution < 1.29 is 0 Å². The molecule has 15 heavy (non-hydrogen) atoms. The molecule has 1 aromatic rings. The maximum Gasteiger partial charge on any atom is 0.0522 e. The molecule has 0 spiro atoms. The van der Waals surface area contributed by atoms with Gasteiger partial charge in [-0.1, -0.05) is 20.8 Å². The van der Waals surface area contributed by atoms with E-state index in [9.17, 15) is 0 Å². The molecule has 3 heteroatoms. The minimum atomic E-state index is 0.372. The van der Waals surface area contributed by atoms with Crippen LogP contribution in [0.2, 0.25) is 0 Å². The van der Waals surface area contributed by atoms with Crippen LogP contribution in [0.15, 0.2) is 6.20 Å². The molecule has 0 aliphatic heterocycles. The molecule has 1 atom stereocenters. The quantitative estimate of drug-likeness (QED) is 0.777. The Morgan fingerprint density at radius 1 is 1.53 bits per heavy atom. The molecule has 84 valence electrons. The third kappa shape index (κ3) is 2.81. The summed E-state index contributed by atoms with van der Waals surface area (Å²) in [6.45, 7) is 7.90. The van der Waals surface area contributed by atoms with Gasteiger partial charge in [0, 0.05) is 18.3 Å². The SMILES string of the molecule is CC(C)(C)CNC1CCc2[nH]ncc2C1. The van der Waals surface area contributed by atoms with Crippen LogP contribution in [0.5, 0.6) is 0 Å². The van der Waals surface area contributed by atoms with E-state index in [-0.39, 0.29) is 0 Å². The zero-order valence-corrected chi connectivity index (χ0v) is 9.93. The number of nitrogens with zero attached hydrogens (tertiary/aromatic N) is 1. The summed E-state index contributed by atoms with van der Waals surface area (Å²) in [4.78, 5) is 0. The molecule has 0 amide bonds. The van der Waals surface area contributed by atoms with Crippen molar-refractivity contribution >= 4 is 0 Å². The minimum Gasteiger partial charge on any atom is -0.313 e. The summed E-state index contributed by atoms with van der Waals surface area (Å²) in [7, 11) is 0. The number of hydrogen-bond donors (Lipinski definition) is 2. The van der Waals surface area contributed by atoms with Gasteiger partial charge in [0.05, 0.1) is 6.20 Å². The van der Waals surface area contributed by atoms with Crippen LogP contribution in [0.1, 0.15) is 38.4 Å². The molecular formula is C12H21N3. The number of aromatic nitrogens is 2. The Hall–Kier alpha value is -0.830. The highest BCUT2D eigenvalue weighted by Gasteiger charge is 2.21. The van der Waals surface area contributed by atoms with Crippen molar-refractivity contribution in [2.24, 2.45) is 5.41 Å². The first kappa shape index (κ1) is 10.7. The zero-order valence-electron chi connectivity index (χ0n) is 9.93. The molecule has 0 saturated carbocycles. The second kappa shape index (κ2) is 3.97. The van der Waals surface area contributed by atoms with Crippen LogP contribution in [0.25, 0.3) is 0 Å². The van der Waals surface area contributed by atoms with Crippen molar-refractivity contribution in [3.8, 4) is 0 Å². The maximum atomic E-state index is 4.09. The first-order valence-electron chi connectivity index (χ1n) is 5.79. The molecule has 0 saturated heterocycles. The summed E-state index contributed by atoms with van der Waals surface area (Å²) in [5, 5.41) is 10.8. The van der Waals surface area contributed by atoms with Gasteiger partial charge in [0.2, 0.25) is 0 Å². The van der Waals surface area contributed by atoms with E-state index in [2.05, 4.69) is 36.3 Å². The molecule has 1 unspecified atom stereocenters. The number of fused-ring (bicyclic) bond motifs is 1. The summed E-state index contributed by atoms with van der Waals surface area (Å²) in [5.41, 5.74) is 3.10. The van der Waals surface area contributed by atoms with Gasteiger partial charge in [0.1, 0.15) is 0 Å². The average molecular weight is 207 g/mol. The molecule has 0 bridgehead atoms. The number of rotatable bonds is 2. The lowest BCUT2D eigenvalue weighted by atomic mass is 9.91. The zero-order chi connectivity index (χ0) is 10.9. The van der Waals surface area contributed by atoms with Crippen molar-refractivity contribution in [1.29, 1.82) is 0 Å². The lowest BCUT2D eigenvalue weighted by Crippen LogP contribution is -2.39. The van der Waals surface area contributed by atoms with Crippen molar-refractivity contribution in [2.75, 3.05) is 6.54 Å². The van der Waals surface area contributed by atoms with Crippen LogP contribution >= 0.6 is 0 Å². The highest BCUT2D eigenvalue weighted by molar-refractivity contribution is 5.21. The molecule has 0 aromatic carbocycles. The largest absolute Gasteiger partial charge is 0.313 e. The molecule has 3 nitrogen and oxygen atoms in total. The Kier molecular flexibility index (Phi) is 2.83. The Morgan fingerprint density at radius 3 is 3.07 bits per heavy atom. The van der Waals surface area contributed by atoms with Gasteiger partial charge in [-0.15, -0.1) is 0 Å². The average Bonchev–Trinajstić information content (AvgIpc) is 2.60. The second-order valence-corrected chi connectivity index (χ2v) is 5.76. The van der Waals surface area contributed by atoms with Gasteiger partial charge < -0.3 is 5.32 Å². The fraction of sp³-hybridized carbons (Fsp3) is 0.750. The third-order valence-corrected chi connectivity index (χ3v) is 2.94. The van der Waals surface area contributed by atoms with Crippen LogP contribution in [-0.2, 0) is 12.8 Å². The van der Waals surface area contributed by atoms with Gasteiger partial charge in [-0.25, -0.2) is 0 Å². The molecule has 1 aliphatic carbocycles. The smallest absolute Gasteiger partial charge is 0.0522 e. The first-order valence-corrected chi connectivity index (χ1v) is 5.79. The molecule has 1 aliphatic rings. The van der Waals surface area contributed by atoms with Crippen LogP contribution in [-0.4, -0.2) is 22.8 Å². The van der Waals surface area contributed by atoms with Crippen molar-refractivity contribution in [3.05, 3.63) is 17.5 Å². The van der Waals surface area contributed by atoms with Crippen molar-refractivity contribution in [2.45, 2.75) is 46.1 Å². The van der Waals surface area contributed by atoms with Crippen LogP contribution < -0.4 is 5.32 Å². The van der Waals surface area contributed by atoms with Gasteiger partial charge in [-0.05, 0) is 30.2 Å². The van der Waals surface area contributed by atoms with E-state index in [1.165, 1.54) is 17.7 Å². The van der Waals surface area contributed by atoms with Crippen molar-refractivity contribution in [1.82, 2.24) is 15.5 Å². The predicted octanol–water partition coefficient (Wildman–Crippen LogP) is 1.90. The summed E-state index contributed by atoms with van der Waals surface area (Å²) in [6, 6.07) is 0.634. The number of H-pyrrole nitrogens is 1. The lowest BCUT2D eigenvalue weighted by molar-refractivity contribution is 0.336. The van der Waals surface area contributed by atoms with E-state index >= 15 is 0 Å². The minimum absolute atomic E-state index is 0.372. The van der Waals surface area contributed by atoms with Gasteiger partial charge in [0.15, 0.2) is 0 Å². The monoisotopic (exact) mass is 207 g/mol. The number of aromatic amines is 1. The van der Waals surface area contributed by atoms with Gasteiger partial charge >= 0.3 is 0 Å². The van der Waals surface area contributed by atoms with E-state index in [4.69, 9.17) is 0 Å². The lowest BCUT2D eigenvalue weighted by Gasteiger charge is -2.27. The highest BCUT2D eigenvalue weighted by atomic mass is 15.1. The normalized spacial score (nSPS) is 21.4. The Labute approximate surface area is 91.7 Å². The second-order valence-electron chi connectivity index (χ2n) is 5.76. The standard InChI is InChI=1S/C12H21N3/c1-12(2,3)8-13-10-4-5-11-9(6-10)7-14-15-11/h7,10,13H,4-6,8H2,1-3H3,(H,14,15). The summed E-state index contributed by atoms with van der Waals surface area (Å²) in [5.74, 6) is 0. The molecule has 2 rings (SSSR count). The Morgan fingerprint density at radius 2 is 2.33 bits per heavy atom. The molecule has 2 N–H and O–H groups in total. The molecule has 0 fully saturated rings. The van der Waals surface area contributed by atoms with Gasteiger partial charge in [-0.2, -0.15) is 5.10 Å². The fourth-order valence-corrected chi connectivity index (χ4v) is 2.04. The van der Waals surface area contributed by atoms with Crippen molar-refractivity contribution in [3.63, 3.8) is 0 Å². The topological polar surface area (TPSA) is 40.7 Å². The van der Waals surface area contributed by atoms with Crippen LogP contribution in [0, 0.1) is 5.41 Å². The Balaban J connectivity index is 1.88. The maximum absolute atomic E-state index is 4.09. The molecular weight excluding hydrogens is 186 g/mol. The molecule has 0 radical (unpaired) electrons. The van der Waals surface area contributed by atoms with Gasteiger partial charge in [-0.3, -0.25) is 5.10 Å². The summed E-state index contributed by atoms with van der Waals surface area (Å²) in [6.07, 6.45) is 5.46. The van der Waals surface area contributed by atoms with Crippen LogP contribution in [0.4, 0.5) is 0 Å². The number of aryl methyl sites for hydroxylation is 1. The highest BCUT2D eigenvalue weighted by Crippen LogP contribution is 2.20. The van der Waals surface area contributed by atoms with E-state index in [0.29, 0.717) is 11.5 Å². The van der Waals surface area contributed by atoms with E-state index in [1.807, 2.05) is 6.20 Å². The first-order chi connectivity index (χ1) is 7.04. The third-order valence-electron chi connectivity index (χ3n) is 2.94. The van der Waals surface area contributed by atoms with Gasteiger partial charge in [0.25, 0.3) is 0 Å². The molecule has 1 aromatic heterocycles. The number of hydrogen-bond acceptors (Lipinski definition) is 2. The van der Waals surface area contributed by atoms with E-state index in [1.54, 1.807) is 0 Å². The summed E-state index contributed by atoms with van der Waals surface area (Å²) >= 11 is 0. The Bertz CT molecular complexity index is 322. The number of nitrogens with one attached hydrogen (secondary N) is 2. The fourth-order valence-electron chi connectivity index (χ4n) is 2.04.